The van der Waals surface area contributed by atoms with Crippen molar-refractivity contribution in [3.8, 4) is 17.2 Å². The van der Waals surface area contributed by atoms with Crippen LogP contribution in [0.15, 0.2) is 42.5 Å². The molecule has 27 heavy (non-hydrogen) atoms. The van der Waals surface area contributed by atoms with Crippen LogP contribution in [-0.2, 0) is 16.1 Å². The van der Waals surface area contributed by atoms with Crippen LogP contribution in [-0.4, -0.2) is 27.3 Å². The Morgan fingerprint density at radius 3 is 2.15 bits per heavy atom. The molecule has 1 atom stereocenters. The first-order chi connectivity index (χ1) is 12.8. The summed E-state index contributed by atoms with van der Waals surface area (Å²) < 4.78 is 21.7. The maximum Gasteiger partial charge on any atom is 0.313 e. The third-order valence-electron chi connectivity index (χ3n) is 4.58. The summed E-state index contributed by atoms with van der Waals surface area (Å²) in [5.74, 6) is 1.16. The van der Waals surface area contributed by atoms with Crippen molar-refractivity contribution in [2.45, 2.75) is 26.5 Å². The fourth-order valence-corrected chi connectivity index (χ4v) is 2.76. The lowest BCUT2D eigenvalue weighted by Gasteiger charge is -2.30. The Balaban J connectivity index is 2.45. The van der Waals surface area contributed by atoms with Crippen molar-refractivity contribution in [2.75, 3.05) is 21.3 Å². The van der Waals surface area contributed by atoms with Crippen LogP contribution in [0.4, 0.5) is 0 Å². The Hall–Kier alpha value is -2.73. The predicted molar refractivity (Wildman–Crippen MR) is 103 cm³/mol. The van der Waals surface area contributed by atoms with Crippen molar-refractivity contribution >= 4 is 5.97 Å². The van der Waals surface area contributed by atoms with E-state index >= 15 is 0 Å². The third-order valence-corrected chi connectivity index (χ3v) is 4.58. The van der Waals surface area contributed by atoms with E-state index in [0.29, 0.717) is 29.4 Å². The molecule has 0 unspecified atom stereocenters. The maximum atomic E-state index is 12.2. The van der Waals surface area contributed by atoms with Gasteiger partial charge in [-0.05, 0) is 25.5 Å². The predicted octanol–water partition coefficient (Wildman–Crippen LogP) is 3.48. The van der Waals surface area contributed by atoms with E-state index in [0.717, 1.165) is 5.56 Å². The molecule has 0 bridgehead atoms. The van der Waals surface area contributed by atoms with Crippen LogP contribution in [0.25, 0.3) is 0 Å². The summed E-state index contributed by atoms with van der Waals surface area (Å²) in [6.07, 6.45) is 0. The molecule has 0 heterocycles. The zero-order chi connectivity index (χ0) is 20.0. The summed E-state index contributed by atoms with van der Waals surface area (Å²) in [5, 5.41) is 0. The first-order valence-electron chi connectivity index (χ1n) is 8.61. The van der Waals surface area contributed by atoms with Crippen LogP contribution in [0.2, 0.25) is 0 Å². The third kappa shape index (κ3) is 4.52. The number of nitrogens with two attached hydrogens (primary N) is 1. The fourth-order valence-electron chi connectivity index (χ4n) is 2.76. The molecule has 0 fully saturated rings. The van der Waals surface area contributed by atoms with Crippen molar-refractivity contribution in [2.24, 2.45) is 11.1 Å². The van der Waals surface area contributed by atoms with Crippen molar-refractivity contribution < 1.29 is 23.7 Å². The van der Waals surface area contributed by atoms with Crippen molar-refractivity contribution in [1.29, 1.82) is 0 Å². The van der Waals surface area contributed by atoms with Gasteiger partial charge in [-0.25, -0.2) is 0 Å². The van der Waals surface area contributed by atoms with Gasteiger partial charge < -0.3 is 24.7 Å². The summed E-state index contributed by atoms with van der Waals surface area (Å²) in [6, 6.07) is 12.6. The summed E-state index contributed by atoms with van der Waals surface area (Å²) in [7, 11) is 4.44. The van der Waals surface area contributed by atoms with E-state index < -0.39 is 17.4 Å². The van der Waals surface area contributed by atoms with Crippen LogP contribution in [0.3, 0.4) is 0 Å². The molecule has 0 amide bonds. The van der Waals surface area contributed by atoms with Crippen molar-refractivity contribution in [1.82, 2.24) is 0 Å². The molecule has 0 saturated heterocycles. The minimum Gasteiger partial charge on any atom is -0.493 e. The van der Waals surface area contributed by atoms with Crippen LogP contribution in [0, 0.1) is 5.41 Å². The number of hydrogen-bond acceptors (Lipinski definition) is 6. The molecule has 146 valence electrons. The Bertz CT molecular complexity index is 774. The molecule has 2 aromatic carbocycles. The van der Waals surface area contributed by atoms with Gasteiger partial charge >= 0.3 is 5.97 Å². The molecule has 6 nitrogen and oxygen atoms in total. The minimum absolute atomic E-state index is 0.356. The Morgan fingerprint density at radius 1 is 1.00 bits per heavy atom. The van der Waals surface area contributed by atoms with Crippen LogP contribution < -0.4 is 19.9 Å². The highest BCUT2D eigenvalue weighted by Crippen LogP contribution is 2.42. The Kier molecular flexibility index (Phi) is 6.69. The quantitative estimate of drug-likeness (QED) is 0.714. The van der Waals surface area contributed by atoms with Gasteiger partial charge in [0.2, 0.25) is 0 Å². The van der Waals surface area contributed by atoms with Gasteiger partial charge in [-0.2, -0.15) is 0 Å². The largest absolute Gasteiger partial charge is 0.493 e. The molecule has 0 aromatic heterocycles. The van der Waals surface area contributed by atoms with Gasteiger partial charge in [-0.3, -0.25) is 4.79 Å². The highest BCUT2D eigenvalue weighted by atomic mass is 16.5. The molecule has 0 aliphatic rings. The molecule has 0 saturated carbocycles. The lowest BCUT2D eigenvalue weighted by atomic mass is 9.80. The minimum atomic E-state index is -0.959. The second-order valence-electron chi connectivity index (χ2n) is 6.71. The molecule has 2 aromatic rings. The van der Waals surface area contributed by atoms with Gasteiger partial charge in [-0.1, -0.05) is 30.3 Å². The van der Waals surface area contributed by atoms with Crippen LogP contribution in [0.1, 0.15) is 31.0 Å². The van der Waals surface area contributed by atoms with Gasteiger partial charge in [0.05, 0.1) is 26.7 Å². The van der Waals surface area contributed by atoms with E-state index in [9.17, 15) is 4.79 Å². The molecule has 2 rings (SSSR count). The molecule has 0 radical (unpaired) electrons. The van der Waals surface area contributed by atoms with Gasteiger partial charge in [0, 0.05) is 17.7 Å². The molecular formula is C21H27NO5. The van der Waals surface area contributed by atoms with E-state index in [2.05, 4.69) is 0 Å². The topological polar surface area (TPSA) is 80.0 Å². The number of benzene rings is 2. The average Bonchev–Trinajstić information content (AvgIpc) is 2.70. The Morgan fingerprint density at radius 2 is 1.59 bits per heavy atom. The molecule has 0 spiro atoms. The molecule has 6 heteroatoms. The number of esters is 1. The summed E-state index contributed by atoms with van der Waals surface area (Å²) in [6.45, 7) is 3.83. The highest BCUT2D eigenvalue weighted by molar-refractivity contribution is 5.77. The van der Waals surface area contributed by atoms with Crippen molar-refractivity contribution in [3.05, 3.63) is 53.6 Å². The van der Waals surface area contributed by atoms with Gasteiger partial charge in [0.1, 0.15) is 12.4 Å². The van der Waals surface area contributed by atoms with E-state index in [-0.39, 0.29) is 0 Å². The Labute approximate surface area is 160 Å². The number of methoxy groups -OCH3 is 3. The number of carbonyl (C=O) groups is 1. The van der Waals surface area contributed by atoms with Gasteiger partial charge in [0.15, 0.2) is 11.5 Å². The number of rotatable bonds is 8. The second kappa shape index (κ2) is 8.77. The standard InChI is InChI=1S/C21H27NO5/c1-21(2,20(23)26-5)19(22)15-11-17(24-3)18(25-4)12-16(15)27-13-14-9-7-6-8-10-14/h6-12,19H,13,22H2,1-5H3/t19-/m0/s1. The second-order valence-corrected chi connectivity index (χ2v) is 6.71. The summed E-state index contributed by atoms with van der Waals surface area (Å²) >= 11 is 0. The van der Waals surface area contributed by atoms with Gasteiger partial charge in [0.25, 0.3) is 0 Å². The lowest BCUT2D eigenvalue weighted by Crippen LogP contribution is -2.37. The normalized spacial score (nSPS) is 12.2. The van der Waals surface area contributed by atoms with Gasteiger partial charge in [-0.15, -0.1) is 0 Å². The average molecular weight is 373 g/mol. The van der Waals surface area contributed by atoms with E-state index in [1.807, 2.05) is 30.3 Å². The SMILES string of the molecule is COC(=O)C(C)(C)[C@@H](N)c1cc(OC)c(OC)cc1OCc1ccccc1. The molecule has 2 N–H and O–H groups in total. The van der Waals surface area contributed by atoms with Crippen LogP contribution >= 0.6 is 0 Å². The molecule has 0 aliphatic heterocycles. The van der Waals surface area contributed by atoms with E-state index in [4.69, 9.17) is 24.7 Å². The highest BCUT2D eigenvalue weighted by Gasteiger charge is 2.38. The number of hydrogen-bond donors (Lipinski definition) is 1. The van der Waals surface area contributed by atoms with E-state index in [1.54, 1.807) is 40.2 Å². The number of ether oxygens (including phenoxy) is 4. The zero-order valence-electron chi connectivity index (χ0n) is 16.4. The van der Waals surface area contributed by atoms with Crippen LogP contribution in [0.5, 0.6) is 17.2 Å². The molecular weight excluding hydrogens is 346 g/mol. The first kappa shape index (κ1) is 20.6. The molecule has 0 aliphatic carbocycles. The maximum absolute atomic E-state index is 12.2. The lowest BCUT2D eigenvalue weighted by molar-refractivity contribution is -0.152. The summed E-state index contributed by atoms with van der Waals surface area (Å²) in [4.78, 5) is 12.2. The summed E-state index contributed by atoms with van der Waals surface area (Å²) in [5.41, 5.74) is 7.15. The monoisotopic (exact) mass is 373 g/mol. The number of carbonyl (C=O) groups excluding carboxylic acids is 1. The smallest absolute Gasteiger partial charge is 0.313 e. The fraction of sp³-hybridized carbons (Fsp3) is 0.381. The van der Waals surface area contributed by atoms with Crippen molar-refractivity contribution in [3.63, 3.8) is 0 Å². The first-order valence-corrected chi connectivity index (χ1v) is 8.61. The zero-order valence-corrected chi connectivity index (χ0v) is 16.4. The van der Waals surface area contributed by atoms with E-state index in [1.165, 1.54) is 7.11 Å².